The molecule has 0 aromatic heterocycles. The molecule has 0 saturated carbocycles. The second-order valence-electron chi connectivity index (χ2n) is 3.76. The molecule has 1 N–H and O–H groups in total. The van der Waals surface area contributed by atoms with Gasteiger partial charge in [0.2, 0.25) is 0 Å². The van der Waals surface area contributed by atoms with E-state index in [1.807, 2.05) is 48.6 Å². The third kappa shape index (κ3) is 1.37. The highest BCUT2D eigenvalue weighted by atomic mass is 16.2. The summed E-state index contributed by atoms with van der Waals surface area (Å²) < 4.78 is 0. The minimum Gasteiger partial charge on any atom is -0.324 e. The highest BCUT2D eigenvalue weighted by molar-refractivity contribution is 6.32. The predicted octanol–water partition coefficient (Wildman–Crippen LogP) is 2.17. The number of amides is 2. The van der Waals surface area contributed by atoms with E-state index in [0.29, 0.717) is 0 Å². The lowest BCUT2D eigenvalue weighted by atomic mass is 9.93. The van der Waals surface area contributed by atoms with E-state index in [0.717, 1.165) is 16.8 Å². The molecule has 0 saturated heterocycles. The van der Waals surface area contributed by atoms with Crippen molar-refractivity contribution in [1.29, 1.82) is 0 Å². The van der Waals surface area contributed by atoms with Crippen LogP contribution in [0.2, 0.25) is 0 Å². The molecule has 0 fully saturated rings. The summed E-state index contributed by atoms with van der Waals surface area (Å²) in [5.41, 5.74) is 2.93. The topological polar surface area (TPSA) is 41.5 Å². The van der Waals surface area contributed by atoms with Crippen LogP contribution in [0.1, 0.15) is 5.56 Å². The Balaban J connectivity index is 2.08. The number of hydrogen-bond donors (Lipinski definition) is 1. The van der Waals surface area contributed by atoms with Gasteiger partial charge in [0.05, 0.1) is 11.8 Å². The lowest BCUT2D eigenvalue weighted by molar-refractivity contribution is 0.251. The minimum absolute atomic E-state index is 0.0623. The largest absolute Gasteiger partial charge is 0.342 e. The van der Waals surface area contributed by atoms with E-state index in [4.69, 9.17) is 0 Å². The molecule has 1 heterocycles. The summed E-state index contributed by atoms with van der Waals surface area (Å²) in [6.07, 6.45) is 5.89. The Morgan fingerprint density at radius 2 is 2.00 bits per heavy atom. The fourth-order valence-electron chi connectivity index (χ4n) is 1.99. The van der Waals surface area contributed by atoms with Gasteiger partial charge in [-0.05, 0) is 5.56 Å². The normalized spacial score (nSPS) is 22.2. The molecule has 1 atom stereocenters. The maximum Gasteiger partial charge on any atom is 0.342 e. The SMILES string of the molecule is O=C1N=C2C(c3ccccc3)=CC=CC2N1. The molecule has 3 heteroatoms. The molecule has 0 radical (unpaired) electrons. The molecule has 1 aromatic rings. The first kappa shape index (κ1) is 9.09. The van der Waals surface area contributed by atoms with Crippen molar-refractivity contribution >= 4 is 17.3 Å². The number of nitrogens with zero attached hydrogens (tertiary/aromatic N) is 1. The zero-order valence-corrected chi connectivity index (χ0v) is 8.55. The summed E-state index contributed by atoms with van der Waals surface area (Å²) in [5.74, 6) is 0. The van der Waals surface area contributed by atoms with Gasteiger partial charge in [-0.1, -0.05) is 48.6 Å². The fraction of sp³-hybridized carbons (Fsp3) is 0.0769. The zero-order chi connectivity index (χ0) is 11.0. The van der Waals surface area contributed by atoms with Crippen molar-refractivity contribution in [3.63, 3.8) is 0 Å². The molecule has 2 amide bonds. The van der Waals surface area contributed by atoms with Crippen molar-refractivity contribution < 1.29 is 4.79 Å². The number of hydrogen-bond acceptors (Lipinski definition) is 1. The van der Waals surface area contributed by atoms with Gasteiger partial charge in [0.15, 0.2) is 0 Å². The molecule has 3 rings (SSSR count). The standard InChI is InChI=1S/C13H10N2O/c16-13-14-11-8-4-7-10(12(11)15-13)9-5-2-1-3-6-9/h1-8,11H,(H,14,16). The molecule has 1 unspecified atom stereocenters. The summed E-state index contributed by atoms with van der Waals surface area (Å²) in [5, 5.41) is 2.79. The van der Waals surface area contributed by atoms with Gasteiger partial charge in [-0.3, -0.25) is 0 Å². The van der Waals surface area contributed by atoms with Crippen molar-refractivity contribution in [2.75, 3.05) is 0 Å². The van der Waals surface area contributed by atoms with Crippen molar-refractivity contribution in [2.45, 2.75) is 6.04 Å². The van der Waals surface area contributed by atoms with Crippen LogP contribution in [0.3, 0.4) is 0 Å². The molecule has 2 aliphatic rings. The third-order valence-corrected chi connectivity index (χ3v) is 2.72. The molecule has 1 aliphatic heterocycles. The number of urea groups is 1. The highest BCUT2D eigenvalue weighted by Crippen LogP contribution is 2.24. The average Bonchev–Trinajstić information content (AvgIpc) is 2.70. The zero-order valence-electron chi connectivity index (χ0n) is 8.55. The molecule has 0 bridgehead atoms. The number of aliphatic imine (C=N–C) groups is 1. The van der Waals surface area contributed by atoms with Crippen molar-refractivity contribution in [3.8, 4) is 0 Å². The Morgan fingerprint density at radius 3 is 2.81 bits per heavy atom. The predicted molar refractivity (Wildman–Crippen MR) is 63.3 cm³/mol. The maximum atomic E-state index is 11.2. The van der Waals surface area contributed by atoms with Gasteiger partial charge in [0.25, 0.3) is 0 Å². The van der Waals surface area contributed by atoms with Gasteiger partial charge in [-0.2, -0.15) is 4.99 Å². The number of nitrogens with one attached hydrogen (secondary N) is 1. The van der Waals surface area contributed by atoms with Crippen LogP contribution in [0.15, 0.2) is 53.6 Å². The quantitative estimate of drug-likeness (QED) is 0.758. The second-order valence-corrected chi connectivity index (χ2v) is 3.76. The Kier molecular flexibility index (Phi) is 1.96. The van der Waals surface area contributed by atoms with E-state index in [-0.39, 0.29) is 12.1 Å². The van der Waals surface area contributed by atoms with Crippen molar-refractivity contribution in [2.24, 2.45) is 4.99 Å². The van der Waals surface area contributed by atoms with E-state index in [1.165, 1.54) is 0 Å². The molecule has 1 aliphatic carbocycles. The smallest absolute Gasteiger partial charge is 0.324 e. The maximum absolute atomic E-state index is 11.2. The van der Waals surface area contributed by atoms with Crippen LogP contribution >= 0.6 is 0 Å². The first-order valence-corrected chi connectivity index (χ1v) is 5.18. The van der Waals surface area contributed by atoms with Crippen LogP contribution in [-0.2, 0) is 0 Å². The Labute approximate surface area is 93.2 Å². The van der Waals surface area contributed by atoms with E-state index in [2.05, 4.69) is 10.3 Å². The molecular formula is C13H10N2O. The van der Waals surface area contributed by atoms with Crippen LogP contribution in [0, 0.1) is 0 Å². The van der Waals surface area contributed by atoms with E-state index < -0.39 is 0 Å². The molecule has 16 heavy (non-hydrogen) atoms. The average molecular weight is 210 g/mol. The number of fused-ring (bicyclic) bond motifs is 1. The summed E-state index contributed by atoms with van der Waals surface area (Å²) in [6, 6.07) is 9.66. The number of rotatable bonds is 1. The van der Waals surface area contributed by atoms with Gasteiger partial charge in [-0.25, -0.2) is 4.79 Å². The summed E-state index contributed by atoms with van der Waals surface area (Å²) in [4.78, 5) is 15.2. The van der Waals surface area contributed by atoms with Crippen LogP contribution in [0.4, 0.5) is 4.79 Å². The third-order valence-electron chi connectivity index (χ3n) is 2.72. The Bertz CT molecular complexity index is 526. The second kappa shape index (κ2) is 3.45. The van der Waals surface area contributed by atoms with Crippen molar-refractivity contribution in [3.05, 3.63) is 54.1 Å². The van der Waals surface area contributed by atoms with Gasteiger partial charge >= 0.3 is 6.03 Å². The number of allylic oxidation sites excluding steroid dienone is 2. The highest BCUT2D eigenvalue weighted by Gasteiger charge is 2.28. The van der Waals surface area contributed by atoms with Gasteiger partial charge in [0.1, 0.15) is 0 Å². The van der Waals surface area contributed by atoms with E-state index >= 15 is 0 Å². The van der Waals surface area contributed by atoms with E-state index in [1.54, 1.807) is 0 Å². The minimum atomic E-state index is -0.256. The lowest BCUT2D eigenvalue weighted by Gasteiger charge is -2.15. The number of carbonyl (C=O) groups is 1. The fourth-order valence-corrected chi connectivity index (χ4v) is 1.99. The summed E-state index contributed by atoms with van der Waals surface area (Å²) in [6.45, 7) is 0. The van der Waals surface area contributed by atoms with Crippen LogP contribution in [-0.4, -0.2) is 17.8 Å². The summed E-state index contributed by atoms with van der Waals surface area (Å²) in [7, 11) is 0. The molecule has 1 aromatic carbocycles. The lowest BCUT2D eigenvalue weighted by Crippen LogP contribution is -2.31. The first-order chi connectivity index (χ1) is 7.84. The van der Waals surface area contributed by atoms with Gasteiger partial charge < -0.3 is 5.32 Å². The molecular weight excluding hydrogens is 200 g/mol. The molecule has 3 nitrogen and oxygen atoms in total. The Hall–Kier alpha value is -2.16. The monoisotopic (exact) mass is 210 g/mol. The van der Waals surface area contributed by atoms with Crippen LogP contribution in [0.5, 0.6) is 0 Å². The first-order valence-electron chi connectivity index (χ1n) is 5.18. The van der Waals surface area contributed by atoms with Gasteiger partial charge in [-0.15, -0.1) is 0 Å². The van der Waals surface area contributed by atoms with Gasteiger partial charge in [0, 0.05) is 5.57 Å². The van der Waals surface area contributed by atoms with Crippen molar-refractivity contribution in [1.82, 2.24) is 5.32 Å². The van der Waals surface area contributed by atoms with Crippen LogP contribution in [0.25, 0.3) is 5.57 Å². The van der Waals surface area contributed by atoms with E-state index in [9.17, 15) is 4.79 Å². The number of benzene rings is 1. The molecule has 78 valence electrons. The Morgan fingerprint density at radius 1 is 1.19 bits per heavy atom. The summed E-state index contributed by atoms with van der Waals surface area (Å²) >= 11 is 0. The number of carbonyl (C=O) groups excluding carboxylic acids is 1. The van der Waals surface area contributed by atoms with Crippen LogP contribution < -0.4 is 5.32 Å². The molecule has 0 spiro atoms.